The van der Waals surface area contributed by atoms with Gasteiger partial charge in [-0.1, -0.05) is 0 Å². The van der Waals surface area contributed by atoms with E-state index < -0.39 is 0 Å². The highest BCUT2D eigenvalue weighted by Crippen LogP contribution is 2.25. The smallest absolute Gasteiger partial charge is 0.232 e. The molecule has 2 rings (SSSR count). The van der Waals surface area contributed by atoms with Crippen molar-refractivity contribution >= 4 is 28.2 Å². The molecule has 2 heterocycles. The van der Waals surface area contributed by atoms with Gasteiger partial charge in [0.25, 0.3) is 0 Å². The van der Waals surface area contributed by atoms with E-state index in [2.05, 4.69) is 30.8 Å². The Balaban J connectivity index is 2.10. The first-order valence-corrected chi connectivity index (χ1v) is 6.30. The number of hydrogen-bond acceptors (Lipinski definition) is 5. The first-order chi connectivity index (χ1) is 8.24. The van der Waals surface area contributed by atoms with Gasteiger partial charge < -0.3 is 14.4 Å². The number of nitrogens with zero attached hydrogens (tertiary/aromatic N) is 3. The minimum Gasteiger partial charge on any atom is -0.480 e. The first kappa shape index (κ1) is 12.3. The average Bonchev–Trinajstić information content (AvgIpc) is 2.39. The van der Waals surface area contributed by atoms with Crippen LogP contribution in [0.3, 0.4) is 0 Å². The molecule has 1 aromatic rings. The fourth-order valence-electron chi connectivity index (χ4n) is 1.87. The first-order valence-electron chi connectivity index (χ1n) is 5.51. The number of aldehydes is 1. The molecule has 6 heteroatoms. The summed E-state index contributed by atoms with van der Waals surface area (Å²) in [6, 6.07) is 0. The van der Waals surface area contributed by atoms with Crippen LogP contribution in [0.2, 0.25) is 0 Å². The second-order valence-corrected chi connectivity index (χ2v) is 4.84. The van der Waals surface area contributed by atoms with Crippen LogP contribution in [0.1, 0.15) is 12.8 Å². The number of piperidine rings is 1. The van der Waals surface area contributed by atoms with Crippen LogP contribution < -0.4 is 9.64 Å². The van der Waals surface area contributed by atoms with Gasteiger partial charge in [-0.15, -0.1) is 0 Å². The summed E-state index contributed by atoms with van der Waals surface area (Å²) in [6.07, 6.45) is 4.46. The van der Waals surface area contributed by atoms with Crippen molar-refractivity contribution in [2.24, 2.45) is 5.92 Å². The molecule has 0 amide bonds. The third-order valence-corrected chi connectivity index (χ3v) is 3.45. The van der Waals surface area contributed by atoms with Gasteiger partial charge in [0.1, 0.15) is 6.29 Å². The Kier molecular flexibility index (Phi) is 3.93. The van der Waals surface area contributed by atoms with E-state index in [9.17, 15) is 4.79 Å². The lowest BCUT2D eigenvalue weighted by Gasteiger charge is -2.29. The van der Waals surface area contributed by atoms with Crippen LogP contribution in [0.15, 0.2) is 10.7 Å². The Labute approximate surface area is 108 Å². The summed E-state index contributed by atoms with van der Waals surface area (Å²) in [5.41, 5.74) is 0. The van der Waals surface area contributed by atoms with Gasteiger partial charge in [0, 0.05) is 19.0 Å². The van der Waals surface area contributed by atoms with Gasteiger partial charge in [0.05, 0.1) is 17.8 Å². The number of halogens is 1. The fourth-order valence-corrected chi connectivity index (χ4v) is 2.23. The summed E-state index contributed by atoms with van der Waals surface area (Å²) in [5, 5.41) is 0. The van der Waals surface area contributed by atoms with Crippen molar-refractivity contribution in [2.75, 3.05) is 25.1 Å². The summed E-state index contributed by atoms with van der Waals surface area (Å²) in [4.78, 5) is 21.3. The second-order valence-electron chi connectivity index (χ2n) is 3.99. The second kappa shape index (κ2) is 5.44. The van der Waals surface area contributed by atoms with Crippen molar-refractivity contribution in [3.63, 3.8) is 0 Å². The quantitative estimate of drug-likeness (QED) is 0.795. The van der Waals surface area contributed by atoms with E-state index in [0.717, 1.165) is 36.7 Å². The fraction of sp³-hybridized carbons (Fsp3) is 0.545. The van der Waals surface area contributed by atoms with Crippen LogP contribution in [-0.4, -0.2) is 36.5 Å². The molecular formula is C11H14BrN3O2. The highest BCUT2D eigenvalue weighted by atomic mass is 79.9. The molecule has 0 spiro atoms. The van der Waals surface area contributed by atoms with Crippen molar-refractivity contribution < 1.29 is 9.53 Å². The van der Waals surface area contributed by atoms with Crippen LogP contribution in [0.4, 0.5) is 5.95 Å². The molecule has 0 unspecified atom stereocenters. The van der Waals surface area contributed by atoms with Crippen LogP contribution in [0.25, 0.3) is 0 Å². The van der Waals surface area contributed by atoms with Gasteiger partial charge in [-0.05, 0) is 28.8 Å². The minimum absolute atomic E-state index is 0.184. The number of aromatic nitrogens is 2. The van der Waals surface area contributed by atoms with Crippen LogP contribution in [0, 0.1) is 5.92 Å². The maximum absolute atomic E-state index is 10.7. The molecule has 0 saturated carbocycles. The van der Waals surface area contributed by atoms with Crippen LogP contribution >= 0.6 is 15.9 Å². The van der Waals surface area contributed by atoms with E-state index in [1.54, 1.807) is 13.3 Å². The number of carbonyl (C=O) groups is 1. The van der Waals surface area contributed by atoms with Crippen molar-refractivity contribution in [2.45, 2.75) is 12.8 Å². The highest BCUT2D eigenvalue weighted by molar-refractivity contribution is 9.10. The molecule has 17 heavy (non-hydrogen) atoms. The molecular weight excluding hydrogens is 286 g/mol. The summed E-state index contributed by atoms with van der Waals surface area (Å²) >= 11 is 3.32. The van der Waals surface area contributed by atoms with E-state index in [1.165, 1.54) is 0 Å². The lowest BCUT2D eigenvalue weighted by Crippen LogP contribution is -2.35. The Morgan fingerprint density at radius 1 is 1.53 bits per heavy atom. The molecule has 1 aromatic heterocycles. The molecule has 0 atom stereocenters. The molecule has 1 fully saturated rings. The van der Waals surface area contributed by atoms with Gasteiger partial charge in [-0.2, -0.15) is 4.98 Å². The minimum atomic E-state index is 0.184. The van der Waals surface area contributed by atoms with Crippen molar-refractivity contribution in [3.05, 3.63) is 10.7 Å². The lowest BCUT2D eigenvalue weighted by atomic mass is 9.99. The standard InChI is InChI=1S/C11H14BrN3O2/c1-17-10-9(12)6-13-11(14-10)15-4-2-8(7-16)3-5-15/h6-8H,2-5H2,1H3. The summed E-state index contributed by atoms with van der Waals surface area (Å²) < 4.78 is 5.88. The van der Waals surface area contributed by atoms with Crippen molar-refractivity contribution in [1.82, 2.24) is 9.97 Å². The Morgan fingerprint density at radius 2 is 2.24 bits per heavy atom. The van der Waals surface area contributed by atoms with E-state index in [-0.39, 0.29) is 5.92 Å². The van der Waals surface area contributed by atoms with Crippen molar-refractivity contribution in [1.29, 1.82) is 0 Å². The topological polar surface area (TPSA) is 55.3 Å². The zero-order chi connectivity index (χ0) is 12.3. The largest absolute Gasteiger partial charge is 0.480 e. The van der Waals surface area contributed by atoms with Crippen molar-refractivity contribution in [3.8, 4) is 5.88 Å². The number of hydrogen-bond donors (Lipinski definition) is 0. The van der Waals surface area contributed by atoms with E-state index in [1.807, 2.05) is 0 Å². The third-order valence-electron chi connectivity index (χ3n) is 2.91. The maximum Gasteiger partial charge on any atom is 0.232 e. The predicted octanol–water partition coefficient (Wildman–Crippen LogP) is 1.66. The molecule has 5 nitrogen and oxygen atoms in total. The summed E-state index contributed by atoms with van der Waals surface area (Å²) in [6.45, 7) is 1.63. The Morgan fingerprint density at radius 3 is 2.82 bits per heavy atom. The number of rotatable bonds is 3. The summed E-state index contributed by atoms with van der Waals surface area (Å²) in [7, 11) is 1.58. The average molecular weight is 300 g/mol. The maximum atomic E-state index is 10.7. The van der Waals surface area contributed by atoms with Crippen LogP contribution in [-0.2, 0) is 4.79 Å². The zero-order valence-corrected chi connectivity index (χ0v) is 11.2. The Bertz CT molecular complexity index is 406. The van der Waals surface area contributed by atoms with Gasteiger partial charge in [-0.3, -0.25) is 0 Å². The zero-order valence-electron chi connectivity index (χ0n) is 9.60. The monoisotopic (exact) mass is 299 g/mol. The number of carbonyl (C=O) groups excluding carboxylic acids is 1. The number of methoxy groups -OCH3 is 1. The molecule has 0 N–H and O–H groups in total. The lowest BCUT2D eigenvalue weighted by molar-refractivity contribution is -0.111. The van der Waals surface area contributed by atoms with Gasteiger partial charge >= 0.3 is 0 Å². The molecule has 0 radical (unpaired) electrons. The molecule has 0 aromatic carbocycles. The summed E-state index contributed by atoms with van der Waals surface area (Å²) in [5.74, 6) is 1.38. The third kappa shape index (κ3) is 2.74. The van der Waals surface area contributed by atoms with Gasteiger partial charge in [-0.25, -0.2) is 4.98 Å². The molecule has 92 valence electrons. The van der Waals surface area contributed by atoms with Crippen LogP contribution in [0.5, 0.6) is 5.88 Å². The molecule has 1 saturated heterocycles. The predicted molar refractivity (Wildman–Crippen MR) is 67.3 cm³/mol. The number of ether oxygens (including phenoxy) is 1. The van der Waals surface area contributed by atoms with E-state index >= 15 is 0 Å². The Hall–Kier alpha value is -1.17. The SMILES string of the molecule is COc1nc(N2CCC(C=O)CC2)ncc1Br. The molecule has 0 aliphatic carbocycles. The molecule has 1 aliphatic rings. The molecule has 0 bridgehead atoms. The molecule has 1 aliphatic heterocycles. The highest BCUT2D eigenvalue weighted by Gasteiger charge is 2.21. The van der Waals surface area contributed by atoms with Gasteiger partial charge in [0.2, 0.25) is 11.8 Å². The normalized spacial score (nSPS) is 16.9. The van der Waals surface area contributed by atoms with Gasteiger partial charge in [0.15, 0.2) is 0 Å². The van der Waals surface area contributed by atoms with E-state index in [4.69, 9.17) is 4.74 Å². The van der Waals surface area contributed by atoms with E-state index in [0.29, 0.717) is 11.8 Å². The number of anilines is 1.